The highest BCUT2D eigenvalue weighted by molar-refractivity contribution is 5.93. The van der Waals surface area contributed by atoms with E-state index in [9.17, 15) is 14.4 Å². The Morgan fingerprint density at radius 2 is 1.65 bits per heavy atom. The summed E-state index contributed by atoms with van der Waals surface area (Å²) in [4.78, 5) is 35.3. The maximum absolute atomic E-state index is 12.1. The van der Waals surface area contributed by atoms with Gasteiger partial charge in [0, 0.05) is 6.54 Å². The predicted octanol–water partition coefficient (Wildman–Crippen LogP) is 2.56. The molecule has 0 spiro atoms. The second kappa shape index (κ2) is 8.80. The summed E-state index contributed by atoms with van der Waals surface area (Å²) >= 11 is 0. The first-order chi connectivity index (χ1) is 12.4. The number of benzene rings is 2. The Kier molecular flexibility index (Phi) is 6.49. The topological polar surface area (TPSA) is 81.7 Å². The van der Waals surface area contributed by atoms with Crippen LogP contribution in [0.5, 0.6) is 0 Å². The van der Waals surface area contributed by atoms with Crippen LogP contribution in [0.1, 0.15) is 37.4 Å². The molecule has 26 heavy (non-hydrogen) atoms. The summed E-state index contributed by atoms with van der Waals surface area (Å²) in [7, 11) is 1.32. The number of aryl methyl sites for hydroxylation is 2. The summed E-state index contributed by atoms with van der Waals surface area (Å²) < 4.78 is 9.69. The van der Waals surface area contributed by atoms with Crippen molar-refractivity contribution in [3.63, 3.8) is 0 Å². The maximum Gasteiger partial charge on any atom is 0.338 e. The van der Waals surface area contributed by atoms with Crippen molar-refractivity contribution in [1.82, 2.24) is 5.32 Å². The van der Waals surface area contributed by atoms with Gasteiger partial charge in [0.15, 0.2) is 6.61 Å². The SMILES string of the molecule is COC(=O)c1ccc(CNC(=O)COC(=O)c2cc(C)ccc2C)cc1. The number of carbonyl (C=O) groups excluding carboxylic acids is 3. The number of amides is 1. The predicted molar refractivity (Wildman–Crippen MR) is 95.8 cm³/mol. The Morgan fingerprint density at radius 3 is 2.31 bits per heavy atom. The van der Waals surface area contributed by atoms with Gasteiger partial charge in [-0.25, -0.2) is 9.59 Å². The highest BCUT2D eigenvalue weighted by Crippen LogP contribution is 2.12. The molecule has 6 heteroatoms. The molecule has 0 aliphatic heterocycles. The van der Waals surface area contributed by atoms with Crippen molar-refractivity contribution in [2.24, 2.45) is 0 Å². The summed E-state index contributed by atoms with van der Waals surface area (Å²) in [6, 6.07) is 12.2. The van der Waals surface area contributed by atoms with E-state index in [1.54, 1.807) is 30.3 Å². The van der Waals surface area contributed by atoms with Crippen molar-refractivity contribution in [2.45, 2.75) is 20.4 Å². The monoisotopic (exact) mass is 355 g/mol. The minimum atomic E-state index is -0.524. The number of nitrogens with one attached hydrogen (secondary N) is 1. The quantitative estimate of drug-likeness (QED) is 0.806. The molecule has 0 heterocycles. The van der Waals surface area contributed by atoms with Gasteiger partial charge in [0.25, 0.3) is 5.91 Å². The molecule has 0 saturated carbocycles. The lowest BCUT2D eigenvalue weighted by Gasteiger charge is -2.09. The van der Waals surface area contributed by atoms with E-state index in [1.165, 1.54) is 7.11 Å². The maximum atomic E-state index is 12.1. The van der Waals surface area contributed by atoms with Gasteiger partial charge in [-0.2, -0.15) is 0 Å². The van der Waals surface area contributed by atoms with Gasteiger partial charge in [0.2, 0.25) is 0 Å². The summed E-state index contributed by atoms with van der Waals surface area (Å²) in [5.41, 5.74) is 3.45. The van der Waals surface area contributed by atoms with Crippen LogP contribution >= 0.6 is 0 Å². The second-order valence-electron chi connectivity index (χ2n) is 5.86. The molecule has 0 aromatic heterocycles. The van der Waals surface area contributed by atoms with Crippen LogP contribution in [-0.4, -0.2) is 31.6 Å². The number of carbonyl (C=O) groups is 3. The highest BCUT2D eigenvalue weighted by Gasteiger charge is 2.13. The van der Waals surface area contributed by atoms with Crippen molar-refractivity contribution in [1.29, 1.82) is 0 Å². The Balaban J connectivity index is 1.82. The van der Waals surface area contributed by atoms with E-state index in [1.807, 2.05) is 26.0 Å². The fourth-order valence-electron chi connectivity index (χ4n) is 2.29. The van der Waals surface area contributed by atoms with E-state index < -0.39 is 17.8 Å². The average Bonchev–Trinajstić information content (AvgIpc) is 2.66. The average molecular weight is 355 g/mol. The Morgan fingerprint density at radius 1 is 0.962 bits per heavy atom. The Bertz CT molecular complexity index is 811. The molecule has 0 aliphatic rings. The standard InChI is InChI=1S/C20H21NO5/c1-13-4-5-14(2)17(10-13)20(24)26-12-18(22)21-11-15-6-8-16(9-7-15)19(23)25-3/h4-10H,11-12H2,1-3H3,(H,21,22). The van der Waals surface area contributed by atoms with Crippen LogP contribution in [0.3, 0.4) is 0 Å². The lowest BCUT2D eigenvalue weighted by atomic mass is 10.1. The van der Waals surface area contributed by atoms with E-state index >= 15 is 0 Å². The summed E-state index contributed by atoms with van der Waals surface area (Å²) in [5.74, 6) is -1.34. The molecule has 2 aromatic rings. The molecule has 0 radical (unpaired) electrons. The molecule has 0 fully saturated rings. The largest absolute Gasteiger partial charge is 0.465 e. The number of ether oxygens (including phenoxy) is 2. The van der Waals surface area contributed by atoms with Crippen LogP contribution < -0.4 is 5.32 Å². The van der Waals surface area contributed by atoms with Crippen LogP contribution in [0.4, 0.5) is 0 Å². The number of hydrogen-bond acceptors (Lipinski definition) is 5. The zero-order valence-electron chi connectivity index (χ0n) is 15.0. The van der Waals surface area contributed by atoms with Crippen LogP contribution in [-0.2, 0) is 20.8 Å². The van der Waals surface area contributed by atoms with Gasteiger partial charge >= 0.3 is 11.9 Å². The molecular formula is C20H21NO5. The number of rotatable bonds is 6. The summed E-state index contributed by atoms with van der Waals surface area (Å²) in [6.45, 7) is 3.61. The van der Waals surface area contributed by atoms with E-state index in [-0.39, 0.29) is 13.2 Å². The van der Waals surface area contributed by atoms with Gasteiger partial charge in [-0.1, -0.05) is 29.8 Å². The summed E-state index contributed by atoms with van der Waals surface area (Å²) in [5, 5.41) is 2.66. The molecule has 136 valence electrons. The van der Waals surface area contributed by atoms with E-state index in [2.05, 4.69) is 10.1 Å². The Hall–Kier alpha value is -3.15. The first-order valence-electron chi connectivity index (χ1n) is 8.09. The highest BCUT2D eigenvalue weighted by atomic mass is 16.5. The minimum Gasteiger partial charge on any atom is -0.465 e. The number of esters is 2. The van der Waals surface area contributed by atoms with E-state index in [4.69, 9.17) is 4.74 Å². The van der Waals surface area contributed by atoms with E-state index in [0.717, 1.165) is 16.7 Å². The minimum absolute atomic E-state index is 0.265. The fraction of sp³-hybridized carbons (Fsp3) is 0.250. The molecule has 1 amide bonds. The summed E-state index contributed by atoms with van der Waals surface area (Å²) in [6.07, 6.45) is 0. The molecule has 0 unspecified atom stereocenters. The van der Waals surface area contributed by atoms with Gasteiger partial charge in [-0.15, -0.1) is 0 Å². The van der Waals surface area contributed by atoms with Gasteiger partial charge < -0.3 is 14.8 Å². The smallest absolute Gasteiger partial charge is 0.338 e. The van der Waals surface area contributed by atoms with Crippen molar-refractivity contribution in [2.75, 3.05) is 13.7 Å². The van der Waals surface area contributed by atoms with Crippen molar-refractivity contribution >= 4 is 17.8 Å². The fourth-order valence-corrected chi connectivity index (χ4v) is 2.29. The lowest BCUT2D eigenvalue weighted by molar-refractivity contribution is -0.124. The lowest BCUT2D eigenvalue weighted by Crippen LogP contribution is -2.28. The van der Waals surface area contributed by atoms with Crippen molar-refractivity contribution in [3.8, 4) is 0 Å². The molecule has 6 nitrogen and oxygen atoms in total. The van der Waals surface area contributed by atoms with Crippen LogP contribution in [0.15, 0.2) is 42.5 Å². The van der Waals surface area contributed by atoms with Crippen molar-refractivity contribution < 1.29 is 23.9 Å². The van der Waals surface area contributed by atoms with Gasteiger partial charge in [0.05, 0.1) is 18.2 Å². The third-order valence-electron chi connectivity index (χ3n) is 3.81. The van der Waals surface area contributed by atoms with E-state index in [0.29, 0.717) is 11.1 Å². The normalized spacial score (nSPS) is 10.1. The van der Waals surface area contributed by atoms with Gasteiger partial charge in [-0.3, -0.25) is 4.79 Å². The zero-order valence-corrected chi connectivity index (χ0v) is 15.0. The first-order valence-corrected chi connectivity index (χ1v) is 8.09. The van der Waals surface area contributed by atoms with Gasteiger partial charge in [-0.05, 0) is 43.2 Å². The second-order valence-corrected chi connectivity index (χ2v) is 5.86. The molecule has 0 atom stereocenters. The molecule has 2 rings (SSSR count). The molecule has 2 aromatic carbocycles. The van der Waals surface area contributed by atoms with Gasteiger partial charge in [0.1, 0.15) is 0 Å². The number of hydrogen-bond donors (Lipinski definition) is 1. The zero-order chi connectivity index (χ0) is 19.1. The van der Waals surface area contributed by atoms with Crippen LogP contribution in [0.2, 0.25) is 0 Å². The molecule has 1 N–H and O–H groups in total. The van der Waals surface area contributed by atoms with Crippen LogP contribution in [0, 0.1) is 13.8 Å². The van der Waals surface area contributed by atoms with Crippen molar-refractivity contribution in [3.05, 3.63) is 70.3 Å². The third-order valence-corrected chi connectivity index (χ3v) is 3.81. The molecule has 0 bridgehead atoms. The first kappa shape index (κ1) is 19.2. The van der Waals surface area contributed by atoms with Crippen LogP contribution in [0.25, 0.3) is 0 Å². The molecule has 0 aliphatic carbocycles. The molecular weight excluding hydrogens is 334 g/mol. The Labute approximate surface area is 152 Å². The number of methoxy groups -OCH3 is 1. The molecule has 0 saturated heterocycles. The third kappa shape index (κ3) is 5.17.